The predicted octanol–water partition coefficient (Wildman–Crippen LogP) is 4.90. The van der Waals surface area contributed by atoms with E-state index in [1.165, 1.54) is 35.4 Å². The minimum Gasteiger partial charge on any atom is -0.430 e. The molecule has 3 aromatic rings. The van der Waals surface area contributed by atoms with Crippen molar-refractivity contribution in [2.45, 2.75) is 44.7 Å². The van der Waals surface area contributed by atoms with Crippen LogP contribution in [0.1, 0.15) is 37.8 Å². The van der Waals surface area contributed by atoms with Crippen molar-refractivity contribution in [3.05, 3.63) is 41.7 Å². The van der Waals surface area contributed by atoms with E-state index >= 15 is 0 Å². The molecule has 1 aliphatic carbocycles. The van der Waals surface area contributed by atoms with Crippen LogP contribution in [0.2, 0.25) is 0 Å². The topological polar surface area (TPSA) is 43.2 Å². The van der Waals surface area contributed by atoms with Crippen LogP contribution in [0.3, 0.4) is 0 Å². The van der Waals surface area contributed by atoms with Gasteiger partial charge in [0.2, 0.25) is 0 Å². The third-order valence-electron chi connectivity index (χ3n) is 5.52. The molecule has 0 radical (unpaired) electrons. The van der Waals surface area contributed by atoms with Crippen molar-refractivity contribution in [1.82, 2.24) is 14.8 Å². The Hall–Kier alpha value is -2.34. The number of fused-ring (bicyclic) bond motifs is 1. The summed E-state index contributed by atoms with van der Waals surface area (Å²) in [5, 5.41) is 7.21. The smallest absolute Gasteiger partial charge is 0.278 e. The summed E-state index contributed by atoms with van der Waals surface area (Å²) in [5.74, 6) is 0.937. The average molecular weight is 366 g/mol. The third kappa shape index (κ3) is 2.69. The standard InChI is InChI=1S/C20H22N4OS/c1-13-3-6-17-18(23(13)2)8-7-16(19(17)25-20-21-9-10-26-20)14-11-22-24(12-14)15-4-5-15/h7-13,15H,3-6H2,1-2H3. The van der Waals surface area contributed by atoms with Gasteiger partial charge in [0.05, 0.1) is 12.2 Å². The molecule has 0 amide bonds. The molecule has 5 rings (SSSR count). The molecule has 2 aliphatic rings. The minimum atomic E-state index is 0.540. The molecule has 0 N–H and O–H groups in total. The predicted molar refractivity (Wildman–Crippen MR) is 104 cm³/mol. The van der Waals surface area contributed by atoms with Crippen LogP contribution >= 0.6 is 11.3 Å². The largest absolute Gasteiger partial charge is 0.430 e. The molecule has 1 saturated carbocycles. The van der Waals surface area contributed by atoms with Crippen LogP contribution in [0.15, 0.2) is 36.1 Å². The lowest BCUT2D eigenvalue weighted by molar-refractivity contribution is 0.467. The summed E-state index contributed by atoms with van der Waals surface area (Å²) in [7, 11) is 2.17. The molecular weight excluding hydrogens is 344 g/mol. The van der Waals surface area contributed by atoms with Crippen LogP contribution in [-0.4, -0.2) is 27.9 Å². The van der Waals surface area contributed by atoms with Crippen LogP contribution in [0, 0.1) is 0 Å². The van der Waals surface area contributed by atoms with Gasteiger partial charge in [-0.2, -0.15) is 5.10 Å². The summed E-state index contributed by atoms with van der Waals surface area (Å²) in [5.41, 5.74) is 4.76. The van der Waals surface area contributed by atoms with Gasteiger partial charge in [-0.25, -0.2) is 4.98 Å². The fourth-order valence-electron chi connectivity index (χ4n) is 3.68. The number of anilines is 1. The normalized spacial score (nSPS) is 19.5. The van der Waals surface area contributed by atoms with Gasteiger partial charge >= 0.3 is 0 Å². The maximum atomic E-state index is 6.31. The van der Waals surface area contributed by atoms with E-state index in [2.05, 4.69) is 52.0 Å². The van der Waals surface area contributed by atoms with Gasteiger partial charge in [-0.05, 0) is 44.7 Å². The second-order valence-electron chi connectivity index (χ2n) is 7.28. The van der Waals surface area contributed by atoms with E-state index in [4.69, 9.17) is 4.74 Å². The van der Waals surface area contributed by atoms with Gasteiger partial charge < -0.3 is 9.64 Å². The molecule has 0 saturated heterocycles. The lowest BCUT2D eigenvalue weighted by Gasteiger charge is -2.35. The van der Waals surface area contributed by atoms with Crippen molar-refractivity contribution in [3.63, 3.8) is 0 Å². The van der Waals surface area contributed by atoms with E-state index in [1.807, 2.05) is 11.6 Å². The zero-order chi connectivity index (χ0) is 17.7. The van der Waals surface area contributed by atoms with Gasteiger partial charge in [-0.3, -0.25) is 4.68 Å². The number of aromatic nitrogens is 3. The van der Waals surface area contributed by atoms with Gasteiger partial charge in [0.15, 0.2) is 0 Å². The molecule has 1 aliphatic heterocycles. The SMILES string of the molecule is CC1CCc2c(ccc(-c3cnn(C4CC4)c3)c2Oc2nccs2)N1C. The third-order valence-corrected chi connectivity index (χ3v) is 6.17. The van der Waals surface area contributed by atoms with E-state index in [-0.39, 0.29) is 0 Å². The Kier molecular flexibility index (Phi) is 3.74. The van der Waals surface area contributed by atoms with E-state index < -0.39 is 0 Å². The van der Waals surface area contributed by atoms with Crippen LogP contribution in [0.25, 0.3) is 11.1 Å². The van der Waals surface area contributed by atoms with Gasteiger partial charge in [0, 0.05) is 53.2 Å². The highest BCUT2D eigenvalue weighted by Crippen LogP contribution is 2.45. The highest BCUT2D eigenvalue weighted by molar-refractivity contribution is 7.11. The van der Waals surface area contributed by atoms with E-state index in [9.17, 15) is 0 Å². The molecule has 1 fully saturated rings. The molecule has 1 aromatic carbocycles. The first-order valence-corrected chi connectivity index (χ1v) is 10.1. The molecule has 5 nitrogen and oxygen atoms in total. The molecule has 134 valence electrons. The van der Waals surface area contributed by atoms with E-state index in [0.29, 0.717) is 17.3 Å². The second kappa shape index (κ2) is 6.13. The number of hydrogen-bond donors (Lipinski definition) is 0. The molecule has 2 aromatic heterocycles. The van der Waals surface area contributed by atoms with Crippen molar-refractivity contribution in [2.75, 3.05) is 11.9 Å². The quantitative estimate of drug-likeness (QED) is 0.658. The van der Waals surface area contributed by atoms with Crippen LogP contribution in [-0.2, 0) is 6.42 Å². The average Bonchev–Trinajstić information content (AvgIpc) is 3.16. The monoisotopic (exact) mass is 366 g/mol. The zero-order valence-electron chi connectivity index (χ0n) is 15.1. The molecule has 3 heterocycles. The van der Waals surface area contributed by atoms with Crippen molar-refractivity contribution >= 4 is 17.0 Å². The number of benzene rings is 1. The molecule has 1 atom stereocenters. The number of nitrogens with zero attached hydrogens (tertiary/aromatic N) is 4. The number of rotatable bonds is 4. The van der Waals surface area contributed by atoms with Gasteiger partial charge in [0.1, 0.15) is 5.75 Å². The van der Waals surface area contributed by atoms with E-state index in [0.717, 1.165) is 29.7 Å². The Labute approximate surface area is 157 Å². The molecule has 0 spiro atoms. The summed E-state index contributed by atoms with van der Waals surface area (Å²) >= 11 is 1.53. The Balaban J connectivity index is 1.63. The Morgan fingerprint density at radius 3 is 2.88 bits per heavy atom. The lowest BCUT2D eigenvalue weighted by Crippen LogP contribution is -2.33. The summed E-state index contributed by atoms with van der Waals surface area (Å²) in [6, 6.07) is 5.52. The Morgan fingerprint density at radius 1 is 1.23 bits per heavy atom. The molecule has 6 heteroatoms. The first kappa shape index (κ1) is 15.9. The highest BCUT2D eigenvalue weighted by atomic mass is 32.1. The summed E-state index contributed by atoms with van der Waals surface area (Å²) < 4.78 is 8.41. The second-order valence-corrected chi connectivity index (χ2v) is 8.14. The Bertz CT molecular complexity index is 929. The zero-order valence-corrected chi connectivity index (χ0v) is 15.9. The summed E-state index contributed by atoms with van der Waals surface area (Å²) in [4.78, 5) is 6.69. The number of hydrogen-bond acceptors (Lipinski definition) is 5. The number of thiazole rings is 1. The number of ether oxygens (including phenoxy) is 1. The van der Waals surface area contributed by atoms with Gasteiger partial charge in [0.25, 0.3) is 5.19 Å². The minimum absolute atomic E-state index is 0.540. The first-order chi connectivity index (χ1) is 12.7. The van der Waals surface area contributed by atoms with Crippen molar-refractivity contribution in [3.8, 4) is 22.1 Å². The van der Waals surface area contributed by atoms with Crippen LogP contribution < -0.4 is 9.64 Å². The van der Waals surface area contributed by atoms with E-state index in [1.54, 1.807) is 6.20 Å². The lowest BCUT2D eigenvalue weighted by atomic mass is 9.93. The molecule has 1 unspecified atom stereocenters. The molecule has 0 bridgehead atoms. The maximum Gasteiger partial charge on any atom is 0.278 e. The molecule has 26 heavy (non-hydrogen) atoms. The van der Waals surface area contributed by atoms with Crippen molar-refractivity contribution < 1.29 is 4.74 Å². The fourth-order valence-corrected chi connectivity index (χ4v) is 4.17. The Morgan fingerprint density at radius 2 is 2.12 bits per heavy atom. The van der Waals surface area contributed by atoms with Crippen molar-refractivity contribution in [2.24, 2.45) is 0 Å². The van der Waals surface area contributed by atoms with Crippen molar-refractivity contribution in [1.29, 1.82) is 0 Å². The molecular formula is C20H22N4OS. The van der Waals surface area contributed by atoms with Crippen LogP contribution in [0.4, 0.5) is 5.69 Å². The summed E-state index contributed by atoms with van der Waals surface area (Å²) in [6.07, 6.45) is 10.5. The maximum absolute atomic E-state index is 6.31. The summed E-state index contributed by atoms with van der Waals surface area (Å²) in [6.45, 7) is 2.28. The van der Waals surface area contributed by atoms with Gasteiger partial charge in [-0.1, -0.05) is 11.3 Å². The highest BCUT2D eigenvalue weighted by Gasteiger charge is 2.28. The van der Waals surface area contributed by atoms with Crippen LogP contribution in [0.5, 0.6) is 10.9 Å². The van der Waals surface area contributed by atoms with Gasteiger partial charge in [-0.15, -0.1) is 0 Å². The first-order valence-electron chi connectivity index (χ1n) is 9.21. The fraction of sp³-hybridized carbons (Fsp3) is 0.400.